The predicted molar refractivity (Wildman–Crippen MR) is 162 cm³/mol. The van der Waals surface area contributed by atoms with Gasteiger partial charge in [-0.15, -0.1) is 0 Å². The molecule has 1 N–H and O–H groups in total. The first kappa shape index (κ1) is 34.1. The number of benzene rings is 2. The van der Waals surface area contributed by atoms with E-state index in [1.807, 2.05) is 32.8 Å². The van der Waals surface area contributed by atoms with Crippen molar-refractivity contribution < 1.29 is 27.9 Å². The van der Waals surface area contributed by atoms with Gasteiger partial charge in [-0.3, -0.25) is 14.4 Å². The summed E-state index contributed by atoms with van der Waals surface area (Å²) in [5.41, 5.74) is 1.70. The highest BCUT2D eigenvalue weighted by molar-refractivity contribution is 6.31. The van der Waals surface area contributed by atoms with Gasteiger partial charge in [0.15, 0.2) is 11.6 Å². The number of aliphatic carboxylic acids is 1. The van der Waals surface area contributed by atoms with Crippen molar-refractivity contribution >= 4 is 23.4 Å². The quantitative estimate of drug-likeness (QED) is 0.221. The van der Waals surface area contributed by atoms with E-state index in [2.05, 4.69) is 0 Å². The van der Waals surface area contributed by atoms with Crippen LogP contribution in [0.5, 0.6) is 0 Å². The number of hydrogen-bond acceptors (Lipinski definition) is 4. The van der Waals surface area contributed by atoms with Crippen molar-refractivity contribution in [1.82, 2.24) is 9.47 Å². The molecule has 43 heavy (non-hydrogen) atoms. The Morgan fingerprint density at radius 3 is 2.19 bits per heavy atom. The molecule has 0 bridgehead atoms. The molecule has 0 saturated heterocycles. The number of likely N-dealkylation sites (N-methyl/N-ethyl adjacent to an activating group) is 1. The molecule has 1 aromatic heterocycles. The van der Waals surface area contributed by atoms with Crippen LogP contribution in [0.25, 0.3) is 11.1 Å². The summed E-state index contributed by atoms with van der Waals surface area (Å²) in [7, 11) is 3.72. The van der Waals surface area contributed by atoms with Gasteiger partial charge in [-0.1, -0.05) is 25.4 Å². The SMILES string of the molecule is Cc1cc(F)cc(C)c1-c1cc(Cl)c(F)c([C@H](CC(=O)O)CC(=O)C(CC(C)C)n2cc(CCN(C)C)cc(F)c2=O)c1. The molecular formula is C33H38ClF3N2O4. The summed E-state index contributed by atoms with van der Waals surface area (Å²) in [4.78, 5) is 40.7. The number of rotatable bonds is 13. The van der Waals surface area contributed by atoms with E-state index in [1.165, 1.54) is 30.5 Å². The number of carbonyl (C=O) groups excluding carboxylic acids is 1. The maximum atomic E-state index is 15.6. The van der Waals surface area contributed by atoms with Crippen LogP contribution in [-0.4, -0.2) is 47.0 Å². The van der Waals surface area contributed by atoms with Crippen LogP contribution in [0.4, 0.5) is 13.2 Å². The fourth-order valence-electron chi connectivity index (χ4n) is 5.49. The van der Waals surface area contributed by atoms with Gasteiger partial charge in [0.25, 0.3) is 5.56 Å². The first-order chi connectivity index (χ1) is 20.1. The summed E-state index contributed by atoms with van der Waals surface area (Å²) in [6.45, 7) is 7.68. The normalized spacial score (nSPS) is 13.0. The molecule has 232 valence electrons. The number of Topliss-reactive ketones (excluding diaryl/α,β-unsaturated/α-hetero) is 1. The topological polar surface area (TPSA) is 79.6 Å². The molecule has 0 aliphatic heterocycles. The van der Waals surface area contributed by atoms with Gasteiger partial charge in [0.2, 0.25) is 0 Å². The van der Waals surface area contributed by atoms with Crippen molar-refractivity contribution in [3.05, 3.63) is 91.6 Å². The van der Waals surface area contributed by atoms with E-state index in [0.29, 0.717) is 40.8 Å². The van der Waals surface area contributed by atoms with Crippen LogP contribution in [0.3, 0.4) is 0 Å². The summed E-state index contributed by atoms with van der Waals surface area (Å²) >= 11 is 6.28. The molecule has 2 atom stereocenters. The maximum absolute atomic E-state index is 15.6. The van der Waals surface area contributed by atoms with E-state index in [4.69, 9.17) is 11.6 Å². The second kappa shape index (κ2) is 14.4. The third kappa shape index (κ3) is 8.57. The predicted octanol–water partition coefficient (Wildman–Crippen LogP) is 7.11. The first-order valence-corrected chi connectivity index (χ1v) is 14.5. The fraction of sp³-hybridized carbons (Fsp3) is 0.424. The zero-order valence-corrected chi connectivity index (χ0v) is 26.1. The van der Waals surface area contributed by atoms with Crippen LogP contribution >= 0.6 is 11.6 Å². The highest BCUT2D eigenvalue weighted by atomic mass is 35.5. The molecule has 0 spiro atoms. The Hall–Kier alpha value is -3.43. The number of aromatic nitrogens is 1. The molecule has 0 aliphatic carbocycles. The molecule has 2 aromatic carbocycles. The average Bonchev–Trinajstić information content (AvgIpc) is 2.88. The summed E-state index contributed by atoms with van der Waals surface area (Å²) in [5.74, 6) is -5.30. The van der Waals surface area contributed by atoms with Crippen LogP contribution in [0, 0.1) is 37.2 Å². The summed E-state index contributed by atoms with van der Waals surface area (Å²) in [6.07, 6.45) is 1.08. The first-order valence-electron chi connectivity index (χ1n) is 14.1. The van der Waals surface area contributed by atoms with Gasteiger partial charge in [-0.2, -0.15) is 0 Å². The third-order valence-electron chi connectivity index (χ3n) is 7.46. The van der Waals surface area contributed by atoms with Crippen LogP contribution in [0.1, 0.15) is 67.3 Å². The van der Waals surface area contributed by atoms with Crippen LogP contribution in [0.2, 0.25) is 5.02 Å². The standard InChI is InChI=1S/C33H38ClF3N2O4/c1-18(2)9-28(39-17-21(7-8-38(5)6)12-27(36)33(39)43)29(40)15-22(16-30(41)42)25-13-23(14-26(34)32(25)37)31-19(3)10-24(35)11-20(31)4/h10-14,17-18,22,28H,7-9,15-16H2,1-6H3,(H,41,42)/t22-,28?/m0/s1. The van der Waals surface area contributed by atoms with Crippen molar-refractivity contribution in [3.8, 4) is 11.1 Å². The van der Waals surface area contributed by atoms with Gasteiger partial charge in [-0.25, -0.2) is 13.2 Å². The lowest BCUT2D eigenvalue weighted by atomic mass is 9.84. The monoisotopic (exact) mass is 618 g/mol. The highest BCUT2D eigenvalue weighted by Gasteiger charge is 2.30. The molecule has 0 aliphatic rings. The van der Waals surface area contributed by atoms with E-state index >= 15 is 4.39 Å². The smallest absolute Gasteiger partial charge is 0.303 e. The number of carboxylic acid groups (broad SMARTS) is 1. The van der Waals surface area contributed by atoms with Crippen molar-refractivity contribution in [2.24, 2.45) is 5.92 Å². The lowest BCUT2D eigenvalue weighted by molar-refractivity contribution is -0.137. The number of nitrogens with zero attached hydrogens (tertiary/aromatic N) is 2. The Morgan fingerprint density at radius 2 is 1.63 bits per heavy atom. The Balaban J connectivity index is 2.11. The zero-order valence-electron chi connectivity index (χ0n) is 25.3. The van der Waals surface area contributed by atoms with E-state index in [1.54, 1.807) is 13.8 Å². The Kier molecular flexibility index (Phi) is 11.4. The molecular weight excluding hydrogens is 581 g/mol. The molecule has 3 rings (SSSR count). The number of ketones is 1. The molecule has 6 nitrogen and oxygen atoms in total. The zero-order chi connectivity index (χ0) is 32.2. The van der Waals surface area contributed by atoms with Gasteiger partial charge in [0, 0.05) is 25.1 Å². The number of aryl methyl sites for hydroxylation is 2. The fourth-order valence-corrected chi connectivity index (χ4v) is 5.72. The minimum absolute atomic E-state index is 0.0776. The number of hydrogen-bond donors (Lipinski definition) is 1. The second-order valence-electron chi connectivity index (χ2n) is 11.8. The molecule has 1 heterocycles. The minimum Gasteiger partial charge on any atom is -0.481 e. The summed E-state index contributed by atoms with van der Waals surface area (Å²) in [5, 5.41) is 9.45. The lowest BCUT2D eigenvalue weighted by Gasteiger charge is -2.25. The number of carbonyl (C=O) groups is 2. The molecule has 3 aromatic rings. The molecule has 0 fully saturated rings. The van der Waals surface area contributed by atoms with Gasteiger partial charge < -0.3 is 14.6 Å². The second-order valence-corrected chi connectivity index (χ2v) is 12.3. The van der Waals surface area contributed by atoms with Crippen LogP contribution in [-0.2, 0) is 16.0 Å². The van der Waals surface area contributed by atoms with Crippen LogP contribution < -0.4 is 5.56 Å². The Bertz CT molecular complexity index is 1550. The molecule has 0 amide bonds. The van der Waals surface area contributed by atoms with E-state index in [-0.39, 0.29) is 22.9 Å². The van der Waals surface area contributed by atoms with Gasteiger partial charge in [-0.05, 0) is 110 Å². The van der Waals surface area contributed by atoms with Gasteiger partial charge in [0.05, 0.1) is 17.5 Å². The van der Waals surface area contributed by atoms with Crippen molar-refractivity contribution in [1.29, 1.82) is 0 Å². The number of halogens is 4. The maximum Gasteiger partial charge on any atom is 0.303 e. The third-order valence-corrected chi connectivity index (χ3v) is 7.73. The Labute approximate surface area is 255 Å². The molecule has 1 unspecified atom stereocenters. The highest BCUT2D eigenvalue weighted by Crippen LogP contribution is 2.38. The average molecular weight is 619 g/mol. The minimum atomic E-state index is -1.26. The molecule has 0 saturated carbocycles. The van der Waals surface area contributed by atoms with Crippen molar-refractivity contribution in [2.75, 3.05) is 20.6 Å². The van der Waals surface area contributed by atoms with Gasteiger partial charge in [0.1, 0.15) is 11.6 Å². The van der Waals surface area contributed by atoms with Crippen molar-refractivity contribution in [2.45, 2.75) is 65.3 Å². The van der Waals surface area contributed by atoms with Crippen molar-refractivity contribution in [3.63, 3.8) is 0 Å². The lowest BCUT2D eigenvalue weighted by Crippen LogP contribution is -2.33. The molecule has 0 radical (unpaired) electrons. The summed E-state index contributed by atoms with van der Waals surface area (Å²) < 4.78 is 45.4. The molecule has 10 heteroatoms. The summed E-state index contributed by atoms with van der Waals surface area (Å²) in [6, 6.07) is 5.56. The van der Waals surface area contributed by atoms with Crippen LogP contribution in [0.15, 0.2) is 41.3 Å². The van der Waals surface area contributed by atoms with E-state index in [0.717, 1.165) is 10.6 Å². The number of pyridine rings is 1. The largest absolute Gasteiger partial charge is 0.481 e. The van der Waals surface area contributed by atoms with E-state index < -0.39 is 59.6 Å². The van der Waals surface area contributed by atoms with Gasteiger partial charge >= 0.3 is 5.97 Å². The number of carboxylic acids is 1. The Morgan fingerprint density at radius 1 is 1.00 bits per heavy atom. The van der Waals surface area contributed by atoms with E-state index in [9.17, 15) is 28.3 Å².